The van der Waals surface area contributed by atoms with E-state index in [-0.39, 0.29) is 17.7 Å². The van der Waals surface area contributed by atoms with Gasteiger partial charge in [-0.1, -0.05) is 25.3 Å². The number of nitrogens with one attached hydrogen (secondary N) is 4. The highest BCUT2D eigenvalue weighted by atomic mass is 16.5. The molecule has 3 saturated carbocycles. The first-order chi connectivity index (χ1) is 18.8. The molecule has 2 aromatic rings. The van der Waals surface area contributed by atoms with Crippen molar-refractivity contribution < 1.29 is 23.9 Å². The Morgan fingerprint density at radius 1 is 1.18 bits per heavy atom. The van der Waals surface area contributed by atoms with Crippen molar-refractivity contribution in [3.63, 3.8) is 0 Å². The third-order valence-electron chi connectivity index (χ3n) is 9.33. The van der Waals surface area contributed by atoms with Crippen LogP contribution in [-0.2, 0) is 14.4 Å². The third kappa shape index (κ3) is 4.54. The van der Waals surface area contributed by atoms with Crippen LogP contribution in [0.4, 0.5) is 0 Å². The molecule has 1 aliphatic heterocycles. The summed E-state index contributed by atoms with van der Waals surface area (Å²) in [5.74, 6) is -1.80. The predicted octanol–water partition coefficient (Wildman–Crippen LogP) is 2.55. The molecule has 4 aliphatic rings. The fourth-order valence-corrected chi connectivity index (χ4v) is 7.08. The summed E-state index contributed by atoms with van der Waals surface area (Å²) in [5.41, 5.74) is -0.222. The highest BCUT2D eigenvalue weighted by molar-refractivity contribution is 6.05. The molecule has 3 aliphatic carbocycles. The molecule has 6 rings (SSSR count). The van der Waals surface area contributed by atoms with Gasteiger partial charge in [-0.25, -0.2) is 0 Å². The number of H-pyrrole nitrogens is 1. The number of aromatic amines is 1. The number of imide groups is 1. The lowest BCUT2D eigenvalue weighted by Gasteiger charge is -2.40. The normalized spacial score (nSPS) is 30.5. The topological polar surface area (TPSA) is 153 Å². The van der Waals surface area contributed by atoms with Crippen molar-refractivity contribution in [2.24, 2.45) is 29.6 Å². The Balaban J connectivity index is 1.25. The number of hydrogen-bond acceptors (Lipinski definition) is 6. The summed E-state index contributed by atoms with van der Waals surface area (Å²) in [6.45, 7) is 0. The van der Waals surface area contributed by atoms with Gasteiger partial charge >= 0.3 is 0 Å². The van der Waals surface area contributed by atoms with E-state index in [1.165, 1.54) is 0 Å². The lowest BCUT2D eigenvalue weighted by molar-refractivity contribution is -0.129. The van der Waals surface area contributed by atoms with Crippen LogP contribution in [-0.4, -0.2) is 47.3 Å². The Labute approximate surface area is 226 Å². The lowest BCUT2D eigenvalue weighted by atomic mass is 9.68. The molecule has 4 amide bonds. The van der Waals surface area contributed by atoms with Crippen LogP contribution >= 0.6 is 0 Å². The minimum atomic E-state index is -1.28. The van der Waals surface area contributed by atoms with Gasteiger partial charge in [0.05, 0.1) is 25.0 Å². The number of fused-ring (bicyclic) bond motifs is 6. The van der Waals surface area contributed by atoms with Gasteiger partial charge in [-0.15, -0.1) is 0 Å². The molecule has 4 N–H and O–H groups in total. The second kappa shape index (κ2) is 9.70. The first-order valence-corrected chi connectivity index (χ1v) is 13.9. The quantitative estimate of drug-likeness (QED) is 0.403. The number of carbonyl (C=O) groups excluding carboxylic acids is 4. The van der Waals surface area contributed by atoms with Crippen molar-refractivity contribution in [1.82, 2.24) is 20.9 Å². The molecule has 0 radical (unpaired) electrons. The minimum Gasteiger partial charge on any atom is -0.496 e. The Morgan fingerprint density at radius 2 is 2.00 bits per heavy atom. The molecule has 10 nitrogen and oxygen atoms in total. The van der Waals surface area contributed by atoms with E-state index in [2.05, 4.69) is 27.0 Å². The van der Waals surface area contributed by atoms with E-state index >= 15 is 0 Å². The van der Waals surface area contributed by atoms with E-state index in [0.29, 0.717) is 49.5 Å². The first kappa shape index (κ1) is 25.4. The number of amides is 4. The maximum atomic E-state index is 13.8. The van der Waals surface area contributed by atoms with E-state index in [4.69, 9.17) is 4.74 Å². The molecule has 0 spiro atoms. The molecule has 1 aromatic carbocycles. The van der Waals surface area contributed by atoms with Crippen molar-refractivity contribution in [3.05, 3.63) is 30.0 Å². The average Bonchev–Trinajstić information content (AvgIpc) is 3.64. The number of methoxy groups -OCH3 is 1. The highest BCUT2D eigenvalue weighted by Gasteiger charge is 2.57. The van der Waals surface area contributed by atoms with Crippen LogP contribution in [0.15, 0.2) is 24.3 Å². The Morgan fingerprint density at radius 3 is 2.74 bits per heavy atom. The zero-order valence-electron chi connectivity index (χ0n) is 21.9. The number of ether oxygens (including phenoxy) is 1. The van der Waals surface area contributed by atoms with Crippen LogP contribution in [0.2, 0.25) is 0 Å². The second-order valence-electron chi connectivity index (χ2n) is 11.7. The molecule has 4 fully saturated rings. The molecule has 1 aromatic heterocycles. The summed E-state index contributed by atoms with van der Waals surface area (Å²) < 4.78 is 5.40. The number of carbonyl (C=O) groups is 4. The van der Waals surface area contributed by atoms with Crippen LogP contribution in [0.3, 0.4) is 0 Å². The Bertz CT molecular complexity index is 1390. The standard InChI is InChI=1S/C29H33N5O5/c1-39-23-4-2-3-20-17(23)13-22(31-20)26(36)32-21(12-15-5-6-15)27(37)34-29(14-30)10-9-16-7-8-19(29)24-18(11-16)25(35)33-28(24)38/h2-4,13,15-16,18-19,21,24,31H,5-12H2,1H3,(H,32,36)(H,34,37)(H,33,35,38)/t16?,18-,19-,21-,24-,29+/m0/s1. The molecule has 6 atom stereocenters. The molecule has 204 valence electrons. The molecular formula is C29H33N5O5. The lowest BCUT2D eigenvalue weighted by Crippen LogP contribution is -2.60. The van der Waals surface area contributed by atoms with Gasteiger partial charge in [0.15, 0.2) is 0 Å². The van der Waals surface area contributed by atoms with Gasteiger partial charge in [0, 0.05) is 16.8 Å². The number of nitrogens with zero attached hydrogens (tertiary/aromatic N) is 1. The summed E-state index contributed by atoms with van der Waals surface area (Å²) in [7, 11) is 1.57. The van der Waals surface area contributed by atoms with Crippen LogP contribution in [0.1, 0.15) is 61.9 Å². The zero-order valence-corrected chi connectivity index (χ0v) is 21.9. The number of nitriles is 1. The Hall–Kier alpha value is -3.87. The zero-order chi connectivity index (χ0) is 27.3. The van der Waals surface area contributed by atoms with Gasteiger partial charge in [-0.05, 0) is 62.1 Å². The van der Waals surface area contributed by atoms with Crippen molar-refractivity contribution in [3.8, 4) is 11.8 Å². The first-order valence-electron chi connectivity index (χ1n) is 13.9. The number of rotatable bonds is 7. The summed E-state index contributed by atoms with van der Waals surface area (Å²) in [4.78, 5) is 55.6. The van der Waals surface area contributed by atoms with Crippen molar-refractivity contribution in [1.29, 1.82) is 5.26 Å². The van der Waals surface area contributed by atoms with Crippen molar-refractivity contribution in [2.75, 3.05) is 7.11 Å². The molecule has 2 heterocycles. The van der Waals surface area contributed by atoms with Gasteiger partial charge in [0.25, 0.3) is 5.91 Å². The van der Waals surface area contributed by atoms with Crippen LogP contribution in [0.25, 0.3) is 10.9 Å². The summed E-state index contributed by atoms with van der Waals surface area (Å²) >= 11 is 0. The van der Waals surface area contributed by atoms with Gasteiger partial charge in [0.1, 0.15) is 23.0 Å². The maximum absolute atomic E-state index is 13.8. The molecular weight excluding hydrogens is 498 g/mol. The third-order valence-corrected chi connectivity index (χ3v) is 9.33. The number of aromatic nitrogens is 1. The number of benzene rings is 1. The Kier molecular flexibility index (Phi) is 6.32. The van der Waals surface area contributed by atoms with E-state index in [0.717, 1.165) is 30.2 Å². The number of hydrogen-bond donors (Lipinski definition) is 4. The summed E-state index contributed by atoms with van der Waals surface area (Å²) in [6.07, 6.45) is 5.63. The van der Waals surface area contributed by atoms with Crippen LogP contribution < -0.4 is 20.7 Å². The minimum absolute atomic E-state index is 0.229. The summed E-state index contributed by atoms with van der Waals surface area (Å²) in [5, 5.41) is 19.6. The molecule has 1 saturated heterocycles. The van der Waals surface area contributed by atoms with Gasteiger partial charge in [0.2, 0.25) is 17.7 Å². The van der Waals surface area contributed by atoms with Crippen LogP contribution in [0.5, 0.6) is 5.75 Å². The largest absolute Gasteiger partial charge is 0.496 e. The fourth-order valence-electron chi connectivity index (χ4n) is 7.08. The van der Waals surface area contributed by atoms with Gasteiger partial charge < -0.3 is 20.4 Å². The average molecular weight is 532 g/mol. The smallest absolute Gasteiger partial charge is 0.268 e. The molecule has 1 unspecified atom stereocenters. The predicted molar refractivity (Wildman–Crippen MR) is 140 cm³/mol. The SMILES string of the molecule is COc1cccc2[nH]c(C(=O)N[C@@H](CC3CC3)C(=O)N[C@@]3(C#N)CCC4CC[C@H]3[C@H]3C(=O)NC(=O)[C@H]3C4)cc12. The fraction of sp³-hybridized carbons (Fsp3) is 0.552. The molecule has 10 heteroatoms. The second-order valence-corrected chi connectivity index (χ2v) is 11.7. The van der Waals surface area contributed by atoms with E-state index in [9.17, 15) is 24.4 Å². The van der Waals surface area contributed by atoms with E-state index < -0.39 is 41.1 Å². The monoisotopic (exact) mass is 531 g/mol. The van der Waals surface area contributed by atoms with E-state index in [1.54, 1.807) is 13.2 Å². The molecule has 39 heavy (non-hydrogen) atoms. The van der Waals surface area contributed by atoms with Crippen molar-refractivity contribution in [2.45, 2.75) is 62.9 Å². The van der Waals surface area contributed by atoms with Gasteiger partial charge in [-0.2, -0.15) is 5.26 Å². The maximum Gasteiger partial charge on any atom is 0.268 e. The summed E-state index contributed by atoms with van der Waals surface area (Å²) in [6, 6.07) is 8.74. The van der Waals surface area contributed by atoms with Gasteiger partial charge in [-0.3, -0.25) is 24.5 Å². The highest BCUT2D eigenvalue weighted by Crippen LogP contribution is 2.49. The van der Waals surface area contributed by atoms with Crippen LogP contribution in [0, 0.1) is 40.9 Å². The van der Waals surface area contributed by atoms with Crippen molar-refractivity contribution >= 4 is 34.5 Å². The molecule has 2 bridgehead atoms. The van der Waals surface area contributed by atoms with E-state index in [1.807, 2.05) is 18.2 Å².